The number of fused-ring (bicyclic) bond motifs is 4. The molecular formula is C25H17N3O6. The number of carbonyl (C=O) groups is 4. The third-order valence-corrected chi connectivity index (χ3v) is 5.70. The summed E-state index contributed by atoms with van der Waals surface area (Å²) in [6.45, 7) is -0.917. The van der Waals surface area contributed by atoms with Crippen LogP contribution in [0.4, 0.5) is 5.69 Å². The van der Waals surface area contributed by atoms with Crippen molar-refractivity contribution < 1.29 is 29.4 Å². The smallest absolute Gasteiger partial charge is 0.323 e. The summed E-state index contributed by atoms with van der Waals surface area (Å²) in [7, 11) is 0. The Morgan fingerprint density at radius 1 is 0.794 bits per heavy atom. The molecule has 0 radical (unpaired) electrons. The maximum atomic E-state index is 13.2. The monoisotopic (exact) mass is 455 g/mol. The lowest BCUT2D eigenvalue weighted by Crippen LogP contribution is -2.34. The topological polar surface area (TPSA) is 141 Å². The van der Waals surface area contributed by atoms with Gasteiger partial charge in [-0.2, -0.15) is 0 Å². The van der Waals surface area contributed by atoms with Crippen molar-refractivity contribution in [3.05, 3.63) is 82.9 Å². The van der Waals surface area contributed by atoms with Gasteiger partial charge in [-0.3, -0.25) is 19.2 Å². The minimum absolute atomic E-state index is 0.224. The summed E-state index contributed by atoms with van der Waals surface area (Å²) < 4.78 is 0. The summed E-state index contributed by atoms with van der Waals surface area (Å²) in [6, 6.07) is 16.6. The lowest BCUT2D eigenvalue weighted by atomic mass is 9.83. The van der Waals surface area contributed by atoms with Crippen LogP contribution in [0.5, 0.6) is 0 Å². The van der Waals surface area contributed by atoms with Crippen molar-refractivity contribution in [1.82, 2.24) is 9.97 Å². The second-order valence-electron chi connectivity index (χ2n) is 7.86. The number of hydrogen-bond donors (Lipinski definition) is 3. The Hall–Kier alpha value is -4.79. The highest BCUT2D eigenvalue weighted by Gasteiger charge is 2.32. The van der Waals surface area contributed by atoms with E-state index in [2.05, 4.69) is 9.97 Å². The first-order valence-corrected chi connectivity index (χ1v) is 10.3. The molecule has 9 heteroatoms. The van der Waals surface area contributed by atoms with Crippen LogP contribution in [0.3, 0.4) is 0 Å². The molecule has 0 saturated carbocycles. The van der Waals surface area contributed by atoms with E-state index in [0.29, 0.717) is 44.8 Å². The van der Waals surface area contributed by atoms with Gasteiger partial charge in [0.15, 0.2) is 11.6 Å². The number of rotatable bonds is 6. The maximum Gasteiger partial charge on any atom is 0.323 e. The van der Waals surface area contributed by atoms with E-state index in [9.17, 15) is 19.2 Å². The van der Waals surface area contributed by atoms with Gasteiger partial charge in [-0.1, -0.05) is 24.3 Å². The molecule has 5 rings (SSSR count). The molecule has 9 nitrogen and oxygen atoms in total. The molecule has 0 aliphatic heterocycles. The SMILES string of the molecule is O=C(O)CN(CC(=O)O)c1ccc(-c2nc3c4c(ccc3[nH]2)C(=O)c2ccccc2C4=O)cc1. The third kappa shape index (κ3) is 3.49. The van der Waals surface area contributed by atoms with E-state index in [-0.39, 0.29) is 17.1 Å². The Kier molecular flexibility index (Phi) is 4.94. The molecule has 0 bridgehead atoms. The van der Waals surface area contributed by atoms with Crippen LogP contribution in [0.2, 0.25) is 0 Å². The highest BCUT2D eigenvalue weighted by molar-refractivity contribution is 6.31. The Bertz CT molecular complexity index is 1490. The highest BCUT2D eigenvalue weighted by atomic mass is 16.4. The van der Waals surface area contributed by atoms with Gasteiger partial charge in [-0.15, -0.1) is 0 Å². The van der Waals surface area contributed by atoms with Crippen LogP contribution < -0.4 is 4.90 Å². The average Bonchev–Trinajstić information content (AvgIpc) is 3.26. The van der Waals surface area contributed by atoms with E-state index in [4.69, 9.17) is 10.2 Å². The number of ketones is 2. The number of aromatic amines is 1. The molecule has 0 spiro atoms. The molecule has 1 aliphatic rings. The Balaban J connectivity index is 1.54. The van der Waals surface area contributed by atoms with Crippen LogP contribution in [0.25, 0.3) is 22.4 Å². The number of aliphatic carboxylic acids is 2. The van der Waals surface area contributed by atoms with Crippen LogP contribution in [0.15, 0.2) is 60.7 Å². The van der Waals surface area contributed by atoms with Gasteiger partial charge in [0.2, 0.25) is 0 Å². The molecule has 1 heterocycles. The molecule has 1 aliphatic carbocycles. The molecule has 0 amide bonds. The van der Waals surface area contributed by atoms with Crippen molar-refractivity contribution in [1.29, 1.82) is 0 Å². The number of carboxylic acids is 2. The second-order valence-corrected chi connectivity index (χ2v) is 7.86. The fraction of sp³-hybridized carbons (Fsp3) is 0.0800. The predicted molar refractivity (Wildman–Crippen MR) is 122 cm³/mol. The number of H-pyrrole nitrogens is 1. The van der Waals surface area contributed by atoms with Crippen molar-refractivity contribution >= 4 is 40.2 Å². The Morgan fingerprint density at radius 3 is 2.03 bits per heavy atom. The van der Waals surface area contributed by atoms with E-state index in [1.807, 2.05) is 0 Å². The van der Waals surface area contributed by atoms with E-state index in [1.165, 1.54) is 4.90 Å². The first-order valence-electron chi connectivity index (χ1n) is 10.3. The molecule has 0 fully saturated rings. The van der Waals surface area contributed by atoms with Gasteiger partial charge in [0, 0.05) is 27.9 Å². The minimum Gasteiger partial charge on any atom is -0.480 e. The molecule has 0 unspecified atom stereocenters. The fourth-order valence-electron chi connectivity index (χ4n) is 4.19. The standard InChI is InChI=1S/C25H17N3O6/c29-19(30)11-28(12-20(31)32)14-7-5-13(6-8-14)25-26-18-10-9-17-21(22(18)27-25)24(34)16-4-2-1-3-15(16)23(17)33/h1-10H,11-12H2,(H,26,27)(H,29,30)(H,31,32). The van der Waals surface area contributed by atoms with Crippen molar-refractivity contribution in [2.24, 2.45) is 0 Å². The molecule has 4 aromatic rings. The van der Waals surface area contributed by atoms with Crippen molar-refractivity contribution in [3.8, 4) is 11.4 Å². The van der Waals surface area contributed by atoms with Gasteiger partial charge >= 0.3 is 11.9 Å². The summed E-state index contributed by atoms with van der Waals surface area (Å²) in [4.78, 5) is 57.3. The van der Waals surface area contributed by atoms with Crippen molar-refractivity contribution in [2.45, 2.75) is 0 Å². The molecule has 0 atom stereocenters. The lowest BCUT2D eigenvalue weighted by Gasteiger charge is -2.20. The predicted octanol–water partition coefficient (Wildman–Crippen LogP) is 2.98. The van der Waals surface area contributed by atoms with Crippen molar-refractivity contribution in [3.63, 3.8) is 0 Å². The molecule has 1 aromatic heterocycles. The second kappa shape index (κ2) is 7.96. The number of benzene rings is 3. The normalized spacial score (nSPS) is 12.4. The fourth-order valence-corrected chi connectivity index (χ4v) is 4.19. The first-order chi connectivity index (χ1) is 16.3. The molecule has 3 aromatic carbocycles. The van der Waals surface area contributed by atoms with Crippen LogP contribution in [0.1, 0.15) is 31.8 Å². The van der Waals surface area contributed by atoms with Gasteiger partial charge in [0.25, 0.3) is 0 Å². The van der Waals surface area contributed by atoms with E-state index >= 15 is 0 Å². The number of nitrogens with one attached hydrogen (secondary N) is 1. The van der Waals surface area contributed by atoms with Gasteiger partial charge in [0.1, 0.15) is 24.4 Å². The molecular weight excluding hydrogens is 438 g/mol. The zero-order valence-electron chi connectivity index (χ0n) is 17.6. The molecule has 34 heavy (non-hydrogen) atoms. The summed E-state index contributed by atoms with van der Waals surface area (Å²) >= 11 is 0. The summed E-state index contributed by atoms with van der Waals surface area (Å²) in [5, 5.41) is 18.1. The Labute approximate surface area is 192 Å². The summed E-state index contributed by atoms with van der Waals surface area (Å²) in [6.07, 6.45) is 0. The number of carboxylic acid groups (broad SMARTS) is 2. The largest absolute Gasteiger partial charge is 0.480 e. The van der Waals surface area contributed by atoms with E-state index < -0.39 is 25.0 Å². The minimum atomic E-state index is -1.15. The van der Waals surface area contributed by atoms with Crippen molar-refractivity contribution in [2.75, 3.05) is 18.0 Å². The maximum absolute atomic E-state index is 13.2. The zero-order chi connectivity index (χ0) is 24.0. The zero-order valence-corrected chi connectivity index (χ0v) is 17.6. The quantitative estimate of drug-likeness (QED) is 0.355. The number of aromatic nitrogens is 2. The number of hydrogen-bond acceptors (Lipinski definition) is 6. The average molecular weight is 455 g/mol. The first kappa shape index (κ1) is 21.1. The number of anilines is 1. The van der Waals surface area contributed by atoms with Gasteiger partial charge in [-0.05, 0) is 36.4 Å². The van der Waals surface area contributed by atoms with Crippen LogP contribution in [-0.4, -0.2) is 56.8 Å². The van der Waals surface area contributed by atoms with Crippen LogP contribution in [-0.2, 0) is 9.59 Å². The number of carbonyl (C=O) groups excluding carboxylic acids is 2. The third-order valence-electron chi connectivity index (χ3n) is 5.70. The van der Waals surface area contributed by atoms with Crippen LogP contribution in [0, 0.1) is 0 Å². The summed E-state index contributed by atoms with van der Waals surface area (Å²) in [5.74, 6) is -2.32. The van der Waals surface area contributed by atoms with Crippen LogP contribution >= 0.6 is 0 Å². The van der Waals surface area contributed by atoms with Gasteiger partial charge in [-0.25, -0.2) is 4.98 Å². The van der Waals surface area contributed by atoms with E-state index in [0.717, 1.165) is 0 Å². The number of imidazole rings is 1. The van der Waals surface area contributed by atoms with Gasteiger partial charge in [0.05, 0.1) is 11.1 Å². The lowest BCUT2D eigenvalue weighted by molar-refractivity contribution is -0.136. The molecule has 3 N–H and O–H groups in total. The molecule has 168 valence electrons. The number of nitrogens with zero attached hydrogens (tertiary/aromatic N) is 2. The van der Waals surface area contributed by atoms with Gasteiger partial charge < -0.3 is 20.1 Å². The van der Waals surface area contributed by atoms with E-state index in [1.54, 1.807) is 60.7 Å². The summed E-state index contributed by atoms with van der Waals surface area (Å²) in [5.41, 5.74) is 3.35. The Morgan fingerprint density at radius 2 is 1.41 bits per heavy atom. The molecule has 0 saturated heterocycles. The highest BCUT2D eigenvalue weighted by Crippen LogP contribution is 2.33.